The maximum atomic E-state index is 12.9. The molecule has 0 amide bonds. The maximum Gasteiger partial charge on any atom is 0.301 e. The van der Waals surface area contributed by atoms with Crippen LogP contribution in [-0.2, 0) is 0 Å². The van der Waals surface area contributed by atoms with Crippen LogP contribution >= 0.6 is 27.3 Å². The molecule has 2 aromatic carbocycles. The Balaban J connectivity index is 1.64. The highest BCUT2D eigenvalue weighted by atomic mass is 79.9. The fourth-order valence-corrected chi connectivity index (χ4v) is 4.05. The molecule has 0 spiro atoms. The molecule has 0 radical (unpaired) electrons. The first-order chi connectivity index (χ1) is 14.8. The molecule has 2 heterocycles. The molecule has 0 atom stereocenters. The van der Waals surface area contributed by atoms with E-state index in [-0.39, 0.29) is 16.9 Å². The number of rotatable bonds is 5. The van der Waals surface area contributed by atoms with Gasteiger partial charge in [0.1, 0.15) is 5.69 Å². The molecular weight excluding hydrogens is 484 g/mol. The molecule has 9 nitrogen and oxygen atoms in total. The first kappa shape index (κ1) is 20.8. The van der Waals surface area contributed by atoms with E-state index in [1.807, 2.05) is 36.6 Å². The van der Waals surface area contributed by atoms with Crippen molar-refractivity contribution in [3.63, 3.8) is 0 Å². The molecule has 0 unspecified atom stereocenters. The Morgan fingerprint density at radius 3 is 2.58 bits per heavy atom. The first-order valence-electron chi connectivity index (χ1n) is 9.04. The van der Waals surface area contributed by atoms with E-state index in [0.717, 1.165) is 16.8 Å². The maximum absolute atomic E-state index is 12.9. The predicted molar refractivity (Wildman–Crippen MR) is 122 cm³/mol. The number of hydrogen-bond donors (Lipinski definition) is 1. The van der Waals surface area contributed by atoms with E-state index in [1.165, 1.54) is 34.2 Å². The fourth-order valence-electron chi connectivity index (χ4n) is 2.81. The van der Waals surface area contributed by atoms with Crippen molar-refractivity contribution in [2.24, 2.45) is 10.2 Å². The number of non-ortho nitro benzene ring substituents is 1. The Kier molecular flexibility index (Phi) is 5.61. The molecule has 4 rings (SSSR count). The number of nitrogens with one attached hydrogen (secondary N) is 1. The van der Waals surface area contributed by atoms with E-state index in [0.29, 0.717) is 21.0 Å². The first-order valence-corrected chi connectivity index (χ1v) is 10.7. The van der Waals surface area contributed by atoms with E-state index in [9.17, 15) is 14.9 Å². The van der Waals surface area contributed by atoms with Crippen LogP contribution in [0, 0.1) is 24.0 Å². The van der Waals surface area contributed by atoms with Gasteiger partial charge in [-0.1, -0.05) is 29.8 Å². The summed E-state index contributed by atoms with van der Waals surface area (Å²) in [5.41, 5.74) is 3.47. The van der Waals surface area contributed by atoms with Crippen LogP contribution in [0.15, 0.2) is 67.3 Å². The summed E-state index contributed by atoms with van der Waals surface area (Å²) in [4.78, 5) is 27.8. The number of halogens is 1. The molecule has 0 aliphatic heterocycles. The normalized spacial score (nSPS) is 11.3. The van der Waals surface area contributed by atoms with E-state index in [4.69, 9.17) is 0 Å². The summed E-state index contributed by atoms with van der Waals surface area (Å²) in [6, 6.07) is 12.1. The highest BCUT2D eigenvalue weighted by molar-refractivity contribution is 9.10. The topological polar surface area (TPSA) is 119 Å². The van der Waals surface area contributed by atoms with E-state index in [1.54, 1.807) is 6.92 Å². The Morgan fingerprint density at radius 1 is 1.16 bits per heavy atom. The van der Waals surface area contributed by atoms with E-state index < -0.39 is 4.92 Å². The van der Waals surface area contributed by atoms with Gasteiger partial charge < -0.3 is 0 Å². The smallest absolute Gasteiger partial charge is 0.291 e. The van der Waals surface area contributed by atoms with Crippen LogP contribution in [0.1, 0.15) is 11.3 Å². The zero-order valence-electron chi connectivity index (χ0n) is 16.4. The minimum Gasteiger partial charge on any atom is -0.291 e. The number of nitrogens with zero attached hydrogens (tertiary/aromatic N) is 5. The summed E-state index contributed by atoms with van der Waals surface area (Å²) in [6.45, 7) is 3.73. The van der Waals surface area contributed by atoms with Crippen molar-refractivity contribution in [3.8, 4) is 16.4 Å². The molecule has 156 valence electrons. The lowest BCUT2D eigenvalue weighted by Gasteiger charge is -1.97. The molecule has 0 aliphatic carbocycles. The molecule has 1 N–H and O–H groups in total. The number of hydrogen-bond acceptors (Lipinski definition) is 7. The van der Waals surface area contributed by atoms with Gasteiger partial charge in [0, 0.05) is 23.1 Å². The Bertz CT molecular complexity index is 1370. The SMILES string of the molecule is Cc1ccc(-c2csc(-n3[nH]c(C)c(N=Nc4ccc([N+](=O)[O-])cc4Br)c3=O)n2)cc1. The quantitative estimate of drug-likeness (QED) is 0.206. The third-order valence-corrected chi connectivity index (χ3v) is 5.93. The second-order valence-corrected chi connectivity index (χ2v) is 8.39. The summed E-state index contributed by atoms with van der Waals surface area (Å²) < 4.78 is 1.73. The van der Waals surface area contributed by atoms with Crippen LogP contribution in [0.4, 0.5) is 17.1 Å². The lowest BCUT2D eigenvalue weighted by atomic mass is 10.1. The van der Waals surface area contributed by atoms with Crippen molar-refractivity contribution < 1.29 is 4.92 Å². The summed E-state index contributed by atoms with van der Waals surface area (Å²) >= 11 is 4.58. The highest BCUT2D eigenvalue weighted by Crippen LogP contribution is 2.31. The summed E-state index contributed by atoms with van der Waals surface area (Å²) in [5, 5.41) is 24.3. The van der Waals surface area contributed by atoms with Crippen LogP contribution in [0.5, 0.6) is 0 Å². The predicted octanol–water partition coefficient (Wildman–Crippen LogP) is 5.99. The number of aromatic nitrogens is 3. The number of nitro groups is 1. The molecule has 2 aromatic heterocycles. The van der Waals surface area contributed by atoms with Gasteiger partial charge in [-0.2, -0.15) is 4.68 Å². The molecule has 0 saturated carbocycles. The minimum absolute atomic E-state index is 0.0702. The van der Waals surface area contributed by atoms with Gasteiger partial charge in [-0.05, 0) is 35.8 Å². The molecule has 31 heavy (non-hydrogen) atoms. The number of aryl methyl sites for hydroxylation is 2. The van der Waals surface area contributed by atoms with Gasteiger partial charge in [-0.15, -0.1) is 21.6 Å². The van der Waals surface area contributed by atoms with Crippen LogP contribution in [0.2, 0.25) is 0 Å². The van der Waals surface area contributed by atoms with Crippen molar-refractivity contribution in [1.29, 1.82) is 0 Å². The van der Waals surface area contributed by atoms with Crippen LogP contribution < -0.4 is 5.56 Å². The minimum atomic E-state index is -0.500. The lowest BCUT2D eigenvalue weighted by Crippen LogP contribution is -2.13. The molecule has 0 bridgehead atoms. The molecule has 4 aromatic rings. The lowest BCUT2D eigenvalue weighted by molar-refractivity contribution is -0.384. The number of aromatic amines is 1. The number of azo groups is 1. The van der Waals surface area contributed by atoms with Gasteiger partial charge in [-0.25, -0.2) is 4.98 Å². The van der Waals surface area contributed by atoms with E-state index >= 15 is 0 Å². The number of nitro benzene ring substituents is 1. The van der Waals surface area contributed by atoms with Crippen LogP contribution in [0.3, 0.4) is 0 Å². The molecular formula is C20H15BrN6O3S. The summed E-state index contributed by atoms with van der Waals surface area (Å²) in [7, 11) is 0. The van der Waals surface area contributed by atoms with Crippen molar-refractivity contribution in [2.75, 3.05) is 0 Å². The summed E-state index contributed by atoms with van der Waals surface area (Å²) in [5.74, 6) is 0. The number of thiazole rings is 1. The van der Waals surface area contributed by atoms with Gasteiger partial charge in [0.2, 0.25) is 5.13 Å². The average Bonchev–Trinajstić information content (AvgIpc) is 3.33. The fraction of sp³-hybridized carbons (Fsp3) is 0.100. The van der Waals surface area contributed by atoms with Crippen LogP contribution in [0.25, 0.3) is 16.4 Å². The monoisotopic (exact) mass is 498 g/mol. The van der Waals surface area contributed by atoms with Crippen LogP contribution in [-0.4, -0.2) is 19.7 Å². The average molecular weight is 499 g/mol. The second-order valence-electron chi connectivity index (χ2n) is 6.70. The zero-order chi connectivity index (χ0) is 22.1. The van der Waals surface area contributed by atoms with Crippen molar-refractivity contribution >= 4 is 44.3 Å². The molecule has 0 saturated heterocycles. The highest BCUT2D eigenvalue weighted by Gasteiger charge is 2.16. The Hall–Kier alpha value is -3.44. The Morgan fingerprint density at radius 2 is 1.90 bits per heavy atom. The molecule has 0 fully saturated rings. The van der Waals surface area contributed by atoms with Gasteiger partial charge >= 0.3 is 5.56 Å². The largest absolute Gasteiger partial charge is 0.301 e. The second kappa shape index (κ2) is 8.36. The third kappa shape index (κ3) is 4.23. The van der Waals surface area contributed by atoms with Gasteiger partial charge in [0.15, 0.2) is 5.69 Å². The number of benzene rings is 2. The van der Waals surface area contributed by atoms with Crippen molar-refractivity contribution in [3.05, 3.63) is 84.0 Å². The molecule has 11 heteroatoms. The number of H-pyrrole nitrogens is 1. The standard InChI is InChI=1S/C20H15BrN6O3S/c1-11-3-5-13(6-4-11)17-10-31-20(22-17)26-19(28)18(12(2)25-26)24-23-16-8-7-14(27(29)30)9-15(16)21/h3-10,25H,1-2H3. The van der Waals surface area contributed by atoms with Gasteiger partial charge in [0.05, 0.1) is 20.8 Å². The summed E-state index contributed by atoms with van der Waals surface area (Å²) in [6.07, 6.45) is 0. The van der Waals surface area contributed by atoms with Gasteiger partial charge in [0.25, 0.3) is 5.69 Å². The van der Waals surface area contributed by atoms with Crippen molar-refractivity contribution in [2.45, 2.75) is 13.8 Å². The third-order valence-electron chi connectivity index (χ3n) is 4.47. The zero-order valence-corrected chi connectivity index (χ0v) is 18.8. The Labute approximate surface area is 188 Å². The van der Waals surface area contributed by atoms with Crippen molar-refractivity contribution in [1.82, 2.24) is 14.8 Å². The van der Waals surface area contributed by atoms with Gasteiger partial charge in [-0.3, -0.25) is 20.0 Å². The molecule has 0 aliphatic rings. The van der Waals surface area contributed by atoms with E-state index in [2.05, 4.69) is 36.2 Å².